The smallest absolute Gasteiger partial charge is 0.149 e. The van der Waals surface area contributed by atoms with Crippen LogP contribution in [0.5, 0.6) is 0 Å². The predicted molar refractivity (Wildman–Crippen MR) is 94.2 cm³/mol. The Kier molecular flexibility index (Phi) is 5.31. The summed E-state index contributed by atoms with van der Waals surface area (Å²) in [7, 11) is 0. The molecule has 0 radical (unpaired) electrons. The Balaban J connectivity index is 1.68. The molecule has 1 aromatic heterocycles. The fourth-order valence-corrected chi connectivity index (χ4v) is 3.02. The summed E-state index contributed by atoms with van der Waals surface area (Å²) < 4.78 is 0. The Labute approximate surface area is 146 Å². The first-order chi connectivity index (χ1) is 11.6. The first-order valence-electron chi connectivity index (χ1n) is 7.96. The number of halogens is 1. The number of nitrogens with one attached hydrogen (secondary N) is 1. The Bertz CT molecular complexity index is 751. The van der Waals surface area contributed by atoms with Crippen LogP contribution in [0.2, 0.25) is 5.02 Å². The Morgan fingerprint density at radius 2 is 2.12 bits per heavy atom. The summed E-state index contributed by atoms with van der Waals surface area (Å²) in [5.74, 6) is 0.536. The number of benzene rings is 1. The van der Waals surface area contributed by atoms with Gasteiger partial charge < -0.3 is 10.4 Å². The van der Waals surface area contributed by atoms with Crippen LogP contribution in [-0.4, -0.2) is 34.2 Å². The molecule has 1 fully saturated rings. The number of anilines is 2. The molecule has 1 aliphatic heterocycles. The van der Waals surface area contributed by atoms with Crippen LogP contribution in [0.4, 0.5) is 11.5 Å². The van der Waals surface area contributed by atoms with Crippen molar-refractivity contribution in [3.63, 3.8) is 0 Å². The van der Waals surface area contributed by atoms with Gasteiger partial charge in [0.15, 0.2) is 0 Å². The molecule has 2 heterocycles. The molecule has 24 heavy (non-hydrogen) atoms. The average molecular weight is 343 g/mol. The summed E-state index contributed by atoms with van der Waals surface area (Å²) in [6.45, 7) is 2.69. The highest BCUT2D eigenvalue weighted by Gasteiger charge is 2.17. The number of pyridine rings is 1. The highest BCUT2D eigenvalue weighted by molar-refractivity contribution is 6.33. The molecule has 0 saturated carbocycles. The van der Waals surface area contributed by atoms with Crippen molar-refractivity contribution >= 4 is 23.1 Å². The van der Waals surface area contributed by atoms with E-state index in [-0.39, 0.29) is 6.10 Å². The van der Waals surface area contributed by atoms with Crippen molar-refractivity contribution in [1.29, 1.82) is 5.26 Å². The maximum absolute atomic E-state index is 9.59. The molecule has 0 unspecified atom stereocenters. The Morgan fingerprint density at radius 3 is 2.83 bits per heavy atom. The van der Waals surface area contributed by atoms with Gasteiger partial charge in [-0.2, -0.15) is 5.26 Å². The largest absolute Gasteiger partial charge is 0.393 e. The van der Waals surface area contributed by atoms with Gasteiger partial charge in [0, 0.05) is 31.5 Å². The molecule has 1 saturated heterocycles. The molecular formula is C18H19ClN4O. The molecule has 1 aliphatic rings. The maximum Gasteiger partial charge on any atom is 0.149 e. The molecule has 1 aromatic carbocycles. The fraction of sp³-hybridized carbons (Fsp3) is 0.333. The van der Waals surface area contributed by atoms with Gasteiger partial charge in [0.25, 0.3) is 0 Å². The second-order valence-electron chi connectivity index (χ2n) is 6.00. The second-order valence-corrected chi connectivity index (χ2v) is 6.41. The minimum Gasteiger partial charge on any atom is -0.393 e. The summed E-state index contributed by atoms with van der Waals surface area (Å²) in [4.78, 5) is 6.54. The summed E-state index contributed by atoms with van der Waals surface area (Å²) in [5, 5.41) is 22.1. The monoisotopic (exact) mass is 342 g/mol. The molecular weight excluding hydrogens is 324 g/mol. The van der Waals surface area contributed by atoms with Gasteiger partial charge in [-0.15, -0.1) is 0 Å². The maximum atomic E-state index is 9.59. The molecule has 0 atom stereocenters. The lowest BCUT2D eigenvalue weighted by molar-refractivity contribution is 0.0792. The molecule has 2 N–H and O–H groups in total. The van der Waals surface area contributed by atoms with Crippen molar-refractivity contribution in [3.05, 3.63) is 52.7 Å². The van der Waals surface area contributed by atoms with E-state index in [2.05, 4.69) is 27.3 Å². The van der Waals surface area contributed by atoms with Gasteiger partial charge in [-0.05, 0) is 36.6 Å². The van der Waals surface area contributed by atoms with Gasteiger partial charge in [0.05, 0.1) is 16.7 Å². The SMILES string of the molecule is N#Cc1cnc(Nc2cccc(CN3CCC(O)CC3)c2)c(Cl)c1. The Morgan fingerprint density at radius 1 is 1.33 bits per heavy atom. The number of aliphatic hydroxyl groups excluding tert-OH is 1. The van der Waals surface area contributed by atoms with Gasteiger partial charge in [0.2, 0.25) is 0 Å². The van der Waals surface area contributed by atoms with Gasteiger partial charge in [-0.3, -0.25) is 4.90 Å². The Hall–Kier alpha value is -2.13. The standard InChI is InChI=1S/C18H19ClN4O/c19-17-9-14(10-20)11-21-18(17)22-15-3-1-2-13(8-15)12-23-6-4-16(24)5-7-23/h1-3,8-9,11,16,24H,4-7,12H2,(H,21,22). The molecule has 0 aliphatic carbocycles. The van der Waals surface area contributed by atoms with E-state index in [0.29, 0.717) is 16.4 Å². The van der Waals surface area contributed by atoms with Crippen molar-refractivity contribution in [1.82, 2.24) is 9.88 Å². The number of nitrogens with zero attached hydrogens (tertiary/aromatic N) is 3. The number of nitriles is 1. The molecule has 3 rings (SSSR count). The number of piperidine rings is 1. The van der Waals surface area contributed by atoms with Crippen LogP contribution in [0.25, 0.3) is 0 Å². The van der Waals surface area contributed by atoms with E-state index >= 15 is 0 Å². The highest BCUT2D eigenvalue weighted by atomic mass is 35.5. The second kappa shape index (κ2) is 7.63. The summed E-state index contributed by atoms with van der Waals surface area (Å²) in [5.41, 5.74) is 2.54. The normalized spacial score (nSPS) is 15.9. The van der Waals surface area contributed by atoms with E-state index in [1.807, 2.05) is 18.2 Å². The van der Waals surface area contributed by atoms with Crippen LogP contribution in [0.3, 0.4) is 0 Å². The molecule has 5 nitrogen and oxygen atoms in total. The van der Waals surface area contributed by atoms with Crippen molar-refractivity contribution in [3.8, 4) is 6.07 Å². The first kappa shape index (κ1) is 16.7. The van der Waals surface area contributed by atoms with Gasteiger partial charge >= 0.3 is 0 Å². The van der Waals surface area contributed by atoms with Gasteiger partial charge in [0.1, 0.15) is 11.9 Å². The lowest BCUT2D eigenvalue weighted by atomic mass is 10.1. The molecule has 0 spiro atoms. The third kappa shape index (κ3) is 4.24. The van der Waals surface area contributed by atoms with Crippen molar-refractivity contribution in [2.75, 3.05) is 18.4 Å². The van der Waals surface area contributed by atoms with Crippen LogP contribution in [0.1, 0.15) is 24.0 Å². The van der Waals surface area contributed by atoms with Crippen molar-refractivity contribution in [2.45, 2.75) is 25.5 Å². The van der Waals surface area contributed by atoms with E-state index in [0.717, 1.165) is 38.2 Å². The van der Waals surface area contributed by atoms with Crippen LogP contribution in [0.15, 0.2) is 36.5 Å². The zero-order valence-corrected chi connectivity index (χ0v) is 14.0. The van der Waals surface area contributed by atoms with Crippen LogP contribution >= 0.6 is 11.6 Å². The molecule has 0 bridgehead atoms. The quantitative estimate of drug-likeness (QED) is 0.891. The van der Waals surface area contributed by atoms with E-state index < -0.39 is 0 Å². The van der Waals surface area contributed by atoms with Crippen molar-refractivity contribution in [2.24, 2.45) is 0 Å². The number of aliphatic hydroxyl groups is 1. The van der Waals surface area contributed by atoms with Crippen LogP contribution in [0, 0.1) is 11.3 Å². The molecule has 0 amide bonds. The zero-order valence-electron chi connectivity index (χ0n) is 13.2. The number of hydrogen-bond donors (Lipinski definition) is 2. The number of aromatic nitrogens is 1. The van der Waals surface area contributed by atoms with E-state index in [4.69, 9.17) is 16.9 Å². The minimum atomic E-state index is -0.154. The first-order valence-corrected chi connectivity index (χ1v) is 8.34. The lowest BCUT2D eigenvalue weighted by Crippen LogP contribution is -2.35. The van der Waals surface area contributed by atoms with E-state index in [1.54, 1.807) is 6.07 Å². The highest BCUT2D eigenvalue weighted by Crippen LogP contribution is 2.25. The van der Waals surface area contributed by atoms with E-state index in [9.17, 15) is 5.11 Å². The topological polar surface area (TPSA) is 72.2 Å². The fourth-order valence-electron chi connectivity index (χ4n) is 2.81. The van der Waals surface area contributed by atoms with Gasteiger partial charge in [-0.1, -0.05) is 23.7 Å². The third-order valence-corrected chi connectivity index (χ3v) is 4.41. The molecule has 2 aromatic rings. The summed E-state index contributed by atoms with van der Waals surface area (Å²) in [6, 6.07) is 11.7. The summed E-state index contributed by atoms with van der Waals surface area (Å²) in [6.07, 6.45) is 3.02. The number of likely N-dealkylation sites (tertiary alicyclic amines) is 1. The van der Waals surface area contributed by atoms with Crippen LogP contribution in [-0.2, 0) is 6.54 Å². The average Bonchev–Trinajstić information content (AvgIpc) is 2.59. The van der Waals surface area contributed by atoms with E-state index in [1.165, 1.54) is 11.8 Å². The van der Waals surface area contributed by atoms with Gasteiger partial charge in [-0.25, -0.2) is 4.98 Å². The minimum absolute atomic E-state index is 0.154. The number of hydrogen-bond acceptors (Lipinski definition) is 5. The van der Waals surface area contributed by atoms with Crippen LogP contribution < -0.4 is 5.32 Å². The predicted octanol–water partition coefficient (Wildman–Crippen LogP) is 3.31. The molecule has 124 valence electrons. The third-order valence-electron chi connectivity index (χ3n) is 4.12. The molecule has 6 heteroatoms. The summed E-state index contributed by atoms with van der Waals surface area (Å²) >= 11 is 6.16. The number of rotatable bonds is 4. The van der Waals surface area contributed by atoms with Crippen molar-refractivity contribution < 1.29 is 5.11 Å². The lowest BCUT2D eigenvalue weighted by Gasteiger charge is -2.29. The zero-order chi connectivity index (χ0) is 16.9.